The molecule has 0 amide bonds. The van der Waals surface area contributed by atoms with Crippen LogP contribution in [0.15, 0.2) is 27.8 Å². The van der Waals surface area contributed by atoms with Crippen molar-refractivity contribution in [2.24, 2.45) is 0 Å². The van der Waals surface area contributed by atoms with Crippen molar-refractivity contribution >= 4 is 44.7 Å². The fourth-order valence-corrected chi connectivity index (χ4v) is 2.72. The fourth-order valence-electron chi connectivity index (χ4n) is 1.63. The van der Waals surface area contributed by atoms with Crippen LogP contribution in [0.2, 0.25) is 0 Å². The summed E-state index contributed by atoms with van der Waals surface area (Å²) in [6, 6.07) is 5.12. The SMILES string of the molecule is O=C(O)CSc1nc2cc(Br)ccc2n1CC(F)F. The maximum absolute atomic E-state index is 12.6. The Bertz CT molecular complexity index is 618. The van der Waals surface area contributed by atoms with E-state index in [1.54, 1.807) is 18.2 Å². The van der Waals surface area contributed by atoms with E-state index in [0.29, 0.717) is 11.0 Å². The normalized spacial score (nSPS) is 11.4. The predicted octanol–water partition coefficient (Wildman–Crippen LogP) is 3.24. The van der Waals surface area contributed by atoms with E-state index in [0.717, 1.165) is 16.2 Å². The van der Waals surface area contributed by atoms with Crippen molar-refractivity contribution in [3.05, 3.63) is 22.7 Å². The zero-order valence-electron chi connectivity index (χ0n) is 9.52. The van der Waals surface area contributed by atoms with E-state index in [1.165, 1.54) is 4.57 Å². The minimum Gasteiger partial charge on any atom is -0.481 e. The molecular formula is C11H9BrF2N2O2S. The van der Waals surface area contributed by atoms with Crippen molar-refractivity contribution in [1.29, 1.82) is 0 Å². The first-order valence-electron chi connectivity index (χ1n) is 5.26. The molecule has 0 bridgehead atoms. The van der Waals surface area contributed by atoms with Gasteiger partial charge in [0.2, 0.25) is 0 Å². The van der Waals surface area contributed by atoms with E-state index in [9.17, 15) is 13.6 Å². The first-order chi connectivity index (χ1) is 8.97. The standard InChI is InChI=1S/C11H9BrF2N2O2S/c12-6-1-2-8-7(3-6)15-11(19-5-10(17)18)16(8)4-9(13)14/h1-3,9H,4-5H2,(H,17,18). The Kier molecular flexibility index (Phi) is 4.41. The van der Waals surface area contributed by atoms with E-state index in [4.69, 9.17) is 5.11 Å². The van der Waals surface area contributed by atoms with Gasteiger partial charge in [-0.05, 0) is 18.2 Å². The van der Waals surface area contributed by atoms with E-state index >= 15 is 0 Å². The second kappa shape index (κ2) is 5.87. The van der Waals surface area contributed by atoms with E-state index in [-0.39, 0.29) is 10.9 Å². The van der Waals surface area contributed by atoms with Gasteiger partial charge >= 0.3 is 5.97 Å². The molecule has 2 aromatic rings. The summed E-state index contributed by atoms with van der Waals surface area (Å²) in [7, 11) is 0. The topological polar surface area (TPSA) is 55.1 Å². The molecule has 1 aromatic heterocycles. The van der Waals surface area contributed by atoms with Crippen molar-refractivity contribution in [2.75, 3.05) is 5.75 Å². The van der Waals surface area contributed by atoms with Crippen LogP contribution < -0.4 is 0 Å². The zero-order chi connectivity index (χ0) is 14.0. The Morgan fingerprint density at radius 1 is 1.53 bits per heavy atom. The van der Waals surface area contributed by atoms with Crippen molar-refractivity contribution in [2.45, 2.75) is 18.1 Å². The average molecular weight is 351 g/mol. The maximum Gasteiger partial charge on any atom is 0.313 e. The Balaban J connectivity index is 2.44. The van der Waals surface area contributed by atoms with Crippen LogP contribution in [0.3, 0.4) is 0 Å². The third-order valence-electron chi connectivity index (χ3n) is 2.32. The molecule has 0 saturated carbocycles. The molecule has 0 saturated heterocycles. The molecule has 1 aromatic carbocycles. The highest BCUT2D eigenvalue weighted by Crippen LogP contribution is 2.27. The summed E-state index contributed by atoms with van der Waals surface area (Å²) in [5, 5.41) is 8.94. The van der Waals surface area contributed by atoms with Gasteiger partial charge in [-0.15, -0.1) is 0 Å². The van der Waals surface area contributed by atoms with Crippen LogP contribution in [0.1, 0.15) is 0 Å². The van der Waals surface area contributed by atoms with Gasteiger partial charge in [0.25, 0.3) is 6.43 Å². The van der Waals surface area contributed by atoms with Gasteiger partial charge in [0, 0.05) is 4.47 Å². The Labute approximate surface area is 119 Å². The van der Waals surface area contributed by atoms with Crippen LogP contribution >= 0.6 is 27.7 Å². The molecule has 0 fully saturated rings. The number of imidazole rings is 1. The monoisotopic (exact) mass is 350 g/mol. The van der Waals surface area contributed by atoms with Gasteiger partial charge < -0.3 is 9.67 Å². The second-order valence-electron chi connectivity index (χ2n) is 3.71. The molecule has 0 aliphatic rings. The van der Waals surface area contributed by atoms with E-state index in [1.807, 2.05) is 0 Å². The second-order valence-corrected chi connectivity index (χ2v) is 5.57. The van der Waals surface area contributed by atoms with Crippen LogP contribution in [0.25, 0.3) is 11.0 Å². The quantitative estimate of drug-likeness (QED) is 0.841. The van der Waals surface area contributed by atoms with Gasteiger partial charge in [0.1, 0.15) is 0 Å². The molecule has 8 heteroatoms. The number of aromatic nitrogens is 2. The van der Waals surface area contributed by atoms with Crippen molar-refractivity contribution in [3.63, 3.8) is 0 Å². The number of carboxylic acid groups (broad SMARTS) is 1. The molecule has 4 nitrogen and oxygen atoms in total. The lowest BCUT2D eigenvalue weighted by molar-refractivity contribution is -0.133. The predicted molar refractivity (Wildman–Crippen MR) is 71.8 cm³/mol. The lowest BCUT2D eigenvalue weighted by Gasteiger charge is -2.07. The molecule has 0 atom stereocenters. The Hall–Kier alpha value is -1.15. The third kappa shape index (κ3) is 3.44. The molecule has 2 rings (SSSR count). The molecule has 0 unspecified atom stereocenters. The van der Waals surface area contributed by atoms with Crippen molar-refractivity contribution < 1.29 is 18.7 Å². The van der Waals surface area contributed by atoms with Gasteiger partial charge in [-0.1, -0.05) is 27.7 Å². The number of halogens is 3. The molecule has 102 valence electrons. The summed E-state index contributed by atoms with van der Waals surface area (Å²) in [5.41, 5.74) is 1.12. The smallest absolute Gasteiger partial charge is 0.313 e. The molecule has 19 heavy (non-hydrogen) atoms. The van der Waals surface area contributed by atoms with Crippen LogP contribution in [0.4, 0.5) is 8.78 Å². The first-order valence-corrected chi connectivity index (χ1v) is 7.04. The highest BCUT2D eigenvalue weighted by Gasteiger charge is 2.16. The molecule has 1 N–H and O–H groups in total. The molecule has 0 radical (unpaired) electrons. The van der Waals surface area contributed by atoms with E-state index in [2.05, 4.69) is 20.9 Å². The lowest BCUT2D eigenvalue weighted by Crippen LogP contribution is -2.08. The van der Waals surface area contributed by atoms with Gasteiger partial charge in [0.15, 0.2) is 5.16 Å². The van der Waals surface area contributed by atoms with Crippen molar-refractivity contribution in [1.82, 2.24) is 9.55 Å². The molecule has 1 heterocycles. The van der Waals surface area contributed by atoms with Crippen LogP contribution in [-0.4, -0.2) is 32.8 Å². The van der Waals surface area contributed by atoms with E-state index < -0.39 is 18.9 Å². The average Bonchev–Trinajstić information content (AvgIpc) is 2.63. The van der Waals surface area contributed by atoms with Crippen LogP contribution in [0.5, 0.6) is 0 Å². The molecular weight excluding hydrogens is 342 g/mol. The molecule has 0 spiro atoms. The number of carbonyl (C=O) groups is 1. The number of alkyl halides is 2. The number of rotatable bonds is 5. The van der Waals surface area contributed by atoms with Gasteiger partial charge in [0.05, 0.1) is 23.3 Å². The number of carboxylic acids is 1. The minimum atomic E-state index is -2.52. The summed E-state index contributed by atoms with van der Waals surface area (Å²) in [6.07, 6.45) is -2.52. The first kappa shape index (κ1) is 14.3. The number of nitrogens with zero attached hydrogens (tertiary/aromatic N) is 2. The number of hydrogen-bond donors (Lipinski definition) is 1. The summed E-state index contributed by atoms with van der Waals surface area (Å²) in [5.74, 6) is -1.23. The lowest BCUT2D eigenvalue weighted by atomic mass is 10.3. The highest BCUT2D eigenvalue weighted by atomic mass is 79.9. The summed E-state index contributed by atoms with van der Waals surface area (Å²) in [4.78, 5) is 14.8. The third-order valence-corrected chi connectivity index (χ3v) is 3.77. The van der Waals surface area contributed by atoms with Gasteiger partial charge in [-0.2, -0.15) is 0 Å². The van der Waals surface area contributed by atoms with Crippen LogP contribution in [-0.2, 0) is 11.3 Å². The Morgan fingerprint density at radius 3 is 2.89 bits per heavy atom. The van der Waals surface area contributed by atoms with Crippen LogP contribution in [0, 0.1) is 0 Å². The maximum atomic E-state index is 12.6. The molecule has 0 aliphatic heterocycles. The van der Waals surface area contributed by atoms with Crippen molar-refractivity contribution in [3.8, 4) is 0 Å². The van der Waals surface area contributed by atoms with Gasteiger partial charge in [-0.25, -0.2) is 13.8 Å². The molecule has 0 aliphatic carbocycles. The summed E-state index contributed by atoms with van der Waals surface area (Å²) >= 11 is 4.21. The summed E-state index contributed by atoms with van der Waals surface area (Å²) in [6.45, 7) is -0.500. The number of fused-ring (bicyclic) bond motifs is 1. The largest absolute Gasteiger partial charge is 0.481 e. The fraction of sp³-hybridized carbons (Fsp3) is 0.273. The number of benzene rings is 1. The number of aliphatic carboxylic acids is 1. The Morgan fingerprint density at radius 2 is 2.26 bits per heavy atom. The van der Waals surface area contributed by atoms with Gasteiger partial charge in [-0.3, -0.25) is 4.79 Å². The number of thioether (sulfide) groups is 1. The number of hydrogen-bond acceptors (Lipinski definition) is 3. The minimum absolute atomic E-state index is 0.215. The highest BCUT2D eigenvalue weighted by molar-refractivity contribution is 9.10. The summed E-state index contributed by atoms with van der Waals surface area (Å²) < 4.78 is 27.3. The zero-order valence-corrected chi connectivity index (χ0v) is 11.9.